The van der Waals surface area contributed by atoms with Crippen LogP contribution in [-0.2, 0) is 4.74 Å². The first kappa shape index (κ1) is 13.2. The van der Waals surface area contributed by atoms with Gasteiger partial charge >= 0.3 is 0 Å². The van der Waals surface area contributed by atoms with E-state index in [4.69, 9.17) is 9.47 Å². The van der Waals surface area contributed by atoms with Gasteiger partial charge < -0.3 is 9.47 Å². The summed E-state index contributed by atoms with van der Waals surface area (Å²) >= 11 is 0. The van der Waals surface area contributed by atoms with Crippen molar-refractivity contribution < 1.29 is 9.47 Å². The fourth-order valence-corrected chi connectivity index (χ4v) is 1.66. The molecule has 98 valence electrons. The zero-order valence-electron chi connectivity index (χ0n) is 11.3. The van der Waals surface area contributed by atoms with Gasteiger partial charge in [-0.1, -0.05) is 44.1 Å². The van der Waals surface area contributed by atoms with Crippen molar-refractivity contribution >= 4 is 6.08 Å². The maximum Gasteiger partial charge on any atom is 0.123 e. The van der Waals surface area contributed by atoms with Crippen LogP contribution in [0.15, 0.2) is 30.3 Å². The Labute approximate surface area is 110 Å². The molecule has 0 saturated carbocycles. The lowest BCUT2D eigenvalue weighted by Gasteiger charge is -2.08. The predicted molar refractivity (Wildman–Crippen MR) is 74.9 cm³/mol. The highest BCUT2D eigenvalue weighted by molar-refractivity contribution is 5.50. The van der Waals surface area contributed by atoms with Gasteiger partial charge in [0, 0.05) is 0 Å². The summed E-state index contributed by atoms with van der Waals surface area (Å²) < 4.78 is 11.0. The number of epoxide rings is 1. The van der Waals surface area contributed by atoms with Crippen LogP contribution >= 0.6 is 0 Å². The highest BCUT2D eigenvalue weighted by atomic mass is 16.6. The molecule has 1 aromatic rings. The third kappa shape index (κ3) is 4.19. The second kappa shape index (κ2) is 6.05. The Bertz CT molecular complexity index is 388. The zero-order chi connectivity index (χ0) is 12.8. The van der Waals surface area contributed by atoms with E-state index in [0.29, 0.717) is 6.61 Å². The van der Waals surface area contributed by atoms with Gasteiger partial charge in [0.1, 0.15) is 18.0 Å². The summed E-state index contributed by atoms with van der Waals surface area (Å²) in [4.78, 5) is 0. The van der Waals surface area contributed by atoms with Crippen LogP contribution in [0.4, 0.5) is 0 Å². The monoisotopic (exact) mass is 246 g/mol. The average molecular weight is 246 g/mol. The Kier molecular flexibility index (Phi) is 4.43. The Balaban J connectivity index is 1.79. The highest BCUT2D eigenvalue weighted by Crippen LogP contribution is 2.27. The maximum atomic E-state index is 5.68. The Morgan fingerprint density at radius 2 is 2.06 bits per heavy atom. The first-order chi connectivity index (χ1) is 8.72. The van der Waals surface area contributed by atoms with Crippen molar-refractivity contribution in [1.29, 1.82) is 0 Å². The van der Waals surface area contributed by atoms with Crippen molar-refractivity contribution in [2.45, 2.75) is 38.7 Å². The fourth-order valence-electron chi connectivity index (χ4n) is 1.66. The Morgan fingerprint density at radius 3 is 2.67 bits per heavy atom. The van der Waals surface area contributed by atoms with Crippen LogP contribution in [0.3, 0.4) is 0 Å². The Hall–Kier alpha value is -1.28. The molecule has 0 bridgehead atoms. The quantitative estimate of drug-likeness (QED) is 0.534. The van der Waals surface area contributed by atoms with E-state index in [1.807, 2.05) is 12.1 Å². The lowest BCUT2D eigenvalue weighted by molar-refractivity contribution is 0.202. The van der Waals surface area contributed by atoms with Crippen LogP contribution in [0.25, 0.3) is 6.08 Å². The minimum atomic E-state index is -0.0429. The van der Waals surface area contributed by atoms with Crippen molar-refractivity contribution in [3.05, 3.63) is 35.9 Å². The molecule has 2 nitrogen and oxygen atoms in total. The number of hydrogen-bond acceptors (Lipinski definition) is 2. The number of rotatable bonds is 7. The molecule has 1 unspecified atom stereocenters. The molecular weight excluding hydrogens is 224 g/mol. The van der Waals surface area contributed by atoms with Gasteiger partial charge in [-0.3, -0.25) is 0 Å². The van der Waals surface area contributed by atoms with Crippen molar-refractivity contribution in [3.63, 3.8) is 0 Å². The van der Waals surface area contributed by atoms with Gasteiger partial charge in [-0.25, -0.2) is 0 Å². The van der Waals surface area contributed by atoms with Crippen molar-refractivity contribution in [2.75, 3.05) is 13.2 Å². The van der Waals surface area contributed by atoms with Crippen LogP contribution in [0.5, 0.6) is 5.75 Å². The molecule has 1 fully saturated rings. The van der Waals surface area contributed by atoms with Crippen molar-refractivity contribution in [1.82, 2.24) is 0 Å². The van der Waals surface area contributed by atoms with Gasteiger partial charge in [0.25, 0.3) is 0 Å². The minimum Gasteiger partial charge on any atom is -0.491 e. The van der Waals surface area contributed by atoms with Gasteiger partial charge in [-0.2, -0.15) is 0 Å². The van der Waals surface area contributed by atoms with E-state index in [2.05, 4.69) is 38.1 Å². The lowest BCUT2D eigenvalue weighted by atomic mass is 10.1. The van der Waals surface area contributed by atoms with Crippen LogP contribution in [-0.4, -0.2) is 18.8 Å². The maximum absolute atomic E-state index is 5.68. The van der Waals surface area contributed by atoms with E-state index in [-0.39, 0.29) is 5.60 Å². The normalized spacial score (nSPS) is 22.3. The van der Waals surface area contributed by atoms with Gasteiger partial charge in [0.05, 0.1) is 6.61 Å². The molecule has 1 atom stereocenters. The molecule has 2 heteroatoms. The number of benzene rings is 1. The van der Waals surface area contributed by atoms with Crippen molar-refractivity contribution in [2.24, 2.45) is 0 Å². The smallest absolute Gasteiger partial charge is 0.123 e. The molecular formula is C16H22O2. The van der Waals surface area contributed by atoms with E-state index in [1.165, 1.54) is 18.4 Å². The molecule has 0 radical (unpaired) electrons. The zero-order valence-corrected chi connectivity index (χ0v) is 11.3. The van der Waals surface area contributed by atoms with Gasteiger partial charge in [0.15, 0.2) is 0 Å². The molecule has 2 rings (SSSR count). The molecule has 1 saturated heterocycles. The number of hydrogen-bond donors (Lipinski definition) is 0. The SMILES string of the molecule is CCCC/C=C/c1ccc(OCC2(C)CO2)cc1. The molecule has 1 aromatic carbocycles. The van der Waals surface area contributed by atoms with E-state index < -0.39 is 0 Å². The van der Waals surface area contributed by atoms with E-state index in [1.54, 1.807) is 0 Å². The van der Waals surface area contributed by atoms with E-state index >= 15 is 0 Å². The number of allylic oxidation sites excluding steroid dienone is 1. The molecule has 0 aliphatic carbocycles. The van der Waals surface area contributed by atoms with E-state index in [0.717, 1.165) is 18.8 Å². The summed E-state index contributed by atoms with van der Waals surface area (Å²) in [5, 5.41) is 0. The minimum absolute atomic E-state index is 0.0429. The molecule has 0 amide bonds. The summed E-state index contributed by atoms with van der Waals surface area (Å²) in [6.45, 7) is 5.73. The molecule has 1 aliphatic heterocycles. The third-order valence-corrected chi connectivity index (χ3v) is 3.10. The lowest BCUT2D eigenvalue weighted by Crippen LogP contribution is -2.16. The molecule has 0 aromatic heterocycles. The highest BCUT2D eigenvalue weighted by Gasteiger charge is 2.40. The van der Waals surface area contributed by atoms with Gasteiger partial charge in [0.2, 0.25) is 0 Å². The van der Waals surface area contributed by atoms with Crippen LogP contribution < -0.4 is 4.74 Å². The summed E-state index contributed by atoms with van der Waals surface area (Å²) in [7, 11) is 0. The molecule has 1 aliphatic rings. The largest absolute Gasteiger partial charge is 0.491 e. The standard InChI is InChI=1S/C16H22O2/c1-3-4-5-6-7-14-8-10-15(11-9-14)17-12-16(2)13-18-16/h6-11H,3-5,12-13H2,1-2H3/b7-6+. The molecule has 0 spiro atoms. The summed E-state index contributed by atoms with van der Waals surface area (Å²) in [6.07, 6.45) is 8.07. The predicted octanol–water partition coefficient (Wildman–Crippen LogP) is 4.06. The van der Waals surface area contributed by atoms with Crippen LogP contribution in [0.2, 0.25) is 0 Å². The van der Waals surface area contributed by atoms with Crippen molar-refractivity contribution in [3.8, 4) is 5.75 Å². The summed E-state index contributed by atoms with van der Waals surface area (Å²) in [5.74, 6) is 0.914. The Morgan fingerprint density at radius 1 is 1.33 bits per heavy atom. The topological polar surface area (TPSA) is 21.8 Å². The van der Waals surface area contributed by atoms with Crippen LogP contribution in [0, 0.1) is 0 Å². The molecule has 1 heterocycles. The first-order valence-corrected chi connectivity index (χ1v) is 6.75. The van der Waals surface area contributed by atoms with Gasteiger partial charge in [-0.15, -0.1) is 0 Å². The number of ether oxygens (including phenoxy) is 2. The molecule has 18 heavy (non-hydrogen) atoms. The van der Waals surface area contributed by atoms with E-state index in [9.17, 15) is 0 Å². The second-order valence-electron chi connectivity index (χ2n) is 5.14. The average Bonchev–Trinajstić information content (AvgIpc) is 3.12. The third-order valence-electron chi connectivity index (χ3n) is 3.10. The van der Waals surface area contributed by atoms with Crippen LogP contribution in [0.1, 0.15) is 38.7 Å². The summed E-state index contributed by atoms with van der Waals surface area (Å²) in [5.41, 5.74) is 1.19. The van der Waals surface area contributed by atoms with Gasteiger partial charge in [-0.05, 0) is 31.0 Å². The second-order valence-corrected chi connectivity index (χ2v) is 5.14. The summed E-state index contributed by atoms with van der Waals surface area (Å²) in [6, 6.07) is 8.22. The molecule has 0 N–H and O–H groups in total. The fraction of sp³-hybridized carbons (Fsp3) is 0.500. The number of unbranched alkanes of at least 4 members (excludes halogenated alkanes) is 2. The first-order valence-electron chi connectivity index (χ1n) is 6.75.